The van der Waals surface area contributed by atoms with Crippen LogP contribution in [0, 0.1) is 0 Å². The number of ether oxygens (including phenoxy) is 2. The molecule has 0 aliphatic rings. The zero-order chi connectivity index (χ0) is 19.3. The minimum absolute atomic E-state index is 0.0100. The maximum absolute atomic E-state index is 12.4. The molecule has 0 aliphatic carbocycles. The summed E-state index contributed by atoms with van der Waals surface area (Å²) in [5.41, 5.74) is 1.16. The van der Waals surface area contributed by atoms with Gasteiger partial charge in [-0.1, -0.05) is 12.1 Å². The lowest BCUT2D eigenvalue weighted by Crippen LogP contribution is -2.23. The van der Waals surface area contributed by atoms with Crippen molar-refractivity contribution in [2.24, 2.45) is 0 Å². The van der Waals surface area contributed by atoms with E-state index in [9.17, 15) is 13.2 Å². The fourth-order valence-corrected chi connectivity index (χ4v) is 3.40. The van der Waals surface area contributed by atoms with E-state index in [0.717, 1.165) is 9.87 Å². The molecule has 2 aromatic rings. The number of sulfonamides is 1. The Morgan fingerprint density at radius 1 is 1.08 bits per heavy atom. The van der Waals surface area contributed by atoms with Gasteiger partial charge in [0.25, 0.3) is 0 Å². The van der Waals surface area contributed by atoms with Gasteiger partial charge < -0.3 is 14.8 Å². The van der Waals surface area contributed by atoms with Gasteiger partial charge >= 0.3 is 0 Å². The molecule has 26 heavy (non-hydrogen) atoms. The average Bonchev–Trinajstić information content (AvgIpc) is 2.61. The number of methoxy groups -OCH3 is 2. The third kappa shape index (κ3) is 4.53. The number of hydrogen-bond acceptors (Lipinski definition) is 5. The first-order valence-corrected chi connectivity index (χ1v) is 9.25. The van der Waals surface area contributed by atoms with Crippen molar-refractivity contribution in [1.82, 2.24) is 4.31 Å². The molecule has 8 heteroatoms. The van der Waals surface area contributed by atoms with Gasteiger partial charge in [0, 0.05) is 19.8 Å². The molecule has 140 valence electrons. The molecule has 0 atom stereocenters. The van der Waals surface area contributed by atoms with E-state index < -0.39 is 10.0 Å². The zero-order valence-corrected chi connectivity index (χ0v) is 16.0. The Labute approximate surface area is 153 Å². The maximum Gasteiger partial charge on any atom is 0.246 e. The van der Waals surface area contributed by atoms with Crippen molar-refractivity contribution in [3.63, 3.8) is 0 Å². The van der Waals surface area contributed by atoms with Crippen LogP contribution < -0.4 is 14.8 Å². The fraction of sp³-hybridized carbons (Fsp3) is 0.278. The number of benzene rings is 2. The van der Waals surface area contributed by atoms with Crippen molar-refractivity contribution in [2.75, 3.05) is 33.6 Å². The van der Waals surface area contributed by atoms with E-state index in [1.54, 1.807) is 31.4 Å². The van der Waals surface area contributed by atoms with Crippen LogP contribution in [-0.4, -0.2) is 46.9 Å². The fourth-order valence-electron chi connectivity index (χ4n) is 2.33. The minimum Gasteiger partial charge on any atom is -0.497 e. The molecule has 0 spiro atoms. The molecule has 2 aromatic carbocycles. The van der Waals surface area contributed by atoms with E-state index in [2.05, 4.69) is 5.32 Å². The first kappa shape index (κ1) is 19.7. The van der Waals surface area contributed by atoms with Crippen LogP contribution in [0.15, 0.2) is 47.4 Å². The monoisotopic (exact) mass is 378 g/mol. The summed E-state index contributed by atoms with van der Waals surface area (Å²) in [6, 6.07) is 11.7. The summed E-state index contributed by atoms with van der Waals surface area (Å²) < 4.78 is 36.2. The van der Waals surface area contributed by atoms with E-state index in [0.29, 0.717) is 11.4 Å². The molecule has 0 radical (unpaired) electrons. The first-order valence-electron chi connectivity index (χ1n) is 7.81. The normalized spacial score (nSPS) is 11.3. The molecule has 0 heterocycles. The van der Waals surface area contributed by atoms with E-state index in [1.807, 2.05) is 6.07 Å². The van der Waals surface area contributed by atoms with Crippen molar-refractivity contribution in [3.8, 4) is 11.5 Å². The molecule has 0 saturated carbocycles. The van der Waals surface area contributed by atoms with E-state index in [-0.39, 0.29) is 23.0 Å². The molecule has 7 nitrogen and oxygen atoms in total. The smallest absolute Gasteiger partial charge is 0.246 e. The lowest BCUT2D eigenvalue weighted by atomic mass is 10.1. The second-order valence-corrected chi connectivity index (χ2v) is 7.85. The van der Waals surface area contributed by atoms with Gasteiger partial charge in [-0.05, 0) is 35.9 Å². The van der Waals surface area contributed by atoms with Crippen LogP contribution in [-0.2, 0) is 21.2 Å². The highest BCUT2D eigenvalue weighted by atomic mass is 32.2. The van der Waals surface area contributed by atoms with E-state index >= 15 is 0 Å². The Bertz CT molecular complexity index is 894. The van der Waals surface area contributed by atoms with Gasteiger partial charge in [-0.3, -0.25) is 4.79 Å². The highest BCUT2D eigenvalue weighted by Gasteiger charge is 2.23. The van der Waals surface area contributed by atoms with Gasteiger partial charge in [0.2, 0.25) is 15.9 Å². The quantitative estimate of drug-likeness (QED) is 0.798. The van der Waals surface area contributed by atoms with Crippen LogP contribution in [0.2, 0.25) is 0 Å². The van der Waals surface area contributed by atoms with E-state index in [1.165, 1.54) is 33.3 Å². The third-order valence-corrected chi connectivity index (χ3v) is 5.54. The Morgan fingerprint density at radius 3 is 2.42 bits per heavy atom. The predicted molar refractivity (Wildman–Crippen MR) is 99.2 cm³/mol. The summed E-state index contributed by atoms with van der Waals surface area (Å²) in [5, 5.41) is 2.71. The van der Waals surface area contributed by atoms with Gasteiger partial charge in [0.1, 0.15) is 16.4 Å². The number of nitrogens with one attached hydrogen (secondary N) is 1. The first-order chi connectivity index (χ1) is 12.3. The van der Waals surface area contributed by atoms with Gasteiger partial charge in [-0.25, -0.2) is 12.7 Å². The number of hydrogen-bond donors (Lipinski definition) is 1. The van der Waals surface area contributed by atoms with Crippen molar-refractivity contribution < 1.29 is 22.7 Å². The average molecular weight is 378 g/mol. The molecule has 0 aromatic heterocycles. The molecular weight excluding hydrogens is 356 g/mol. The molecule has 0 aliphatic heterocycles. The minimum atomic E-state index is -3.71. The van der Waals surface area contributed by atoms with Crippen LogP contribution in [0.25, 0.3) is 0 Å². The standard InChI is InChI=1S/C18H22N2O5S/c1-20(2)26(22,23)17-12-14(8-9-16(17)25-4)19-18(21)11-13-6-5-7-15(10-13)24-3/h5-10,12H,11H2,1-4H3,(H,19,21). The molecule has 0 unspecified atom stereocenters. The van der Waals surface area contributed by atoms with Crippen LogP contribution in [0.4, 0.5) is 5.69 Å². The number of carbonyl (C=O) groups is 1. The lowest BCUT2D eigenvalue weighted by Gasteiger charge is -2.16. The molecular formula is C18H22N2O5S. The van der Waals surface area contributed by atoms with Crippen molar-refractivity contribution in [3.05, 3.63) is 48.0 Å². The van der Waals surface area contributed by atoms with Crippen LogP contribution in [0.5, 0.6) is 11.5 Å². The van der Waals surface area contributed by atoms with Gasteiger partial charge in [-0.15, -0.1) is 0 Å². The summed E-state index contributed by atoms with van der Waals surface area (Å²) in [4.78, 5) is 12.3. The van der Waals surface area contributed by atoms with Gasteiger partial charge in [0.15, 0.2) is 0 Å². The summed E-state index contributed by atoms with van der Waals surface area (Å²) in [7, 11) is 2.11. The number of anilines is 1. The topological polar surface area (TPSA) is 84.9 Å². The van der Waals surface area contributed by atoms with Crippen LogP contribution in [0.1, 0.15) is 5.56 Å². The molecule has 1 amide bonds. The Kier molecular flexibility index (Phi) is 6.23. The molecule has 0 fully saturated rings. The Morgan fingerprint density at radius 2 is 1.81 bits per heavy atom. The second kappa shape index (κ2) is 8.20. The summed E-state index contributed by atoms with van der Waals surface area (Å²) in [6.07, 6.45) is 0.138. The van der Waals surface area contributed by atoms with Gasteiger partial charge in [-0.2, -0.15) is 0 Å². The summed E-state index contributed by atoms with van der Waals surface area (Å²) in [6.45, 7) is 0. The van der Waals surface area contributed by atoms with E-state index in [4.69, 9.17) is 9.47 Å². The van der Waals surface area contributed by atoms with Crippen molar-refractivity contribution >= 4 is 21.6 Å². The molecule has 1 N–H and O–H groups in total. The second-order valence-electron chi connectivity index (χ2n) is 5.73. The maximum atomic E-state index is 12.4. The number of rotatable bonds is 7. The Hall–Kier alpha value is -2.58. The summed E-state index contributed by atoms with van der Waals surface area (Å²) in [5.74, 6) is 0.611. The van der Waals surface area contributed by atoms with Crippen molar-refractivity contribution in [2.45, 2.75) is 11.3 Å². The molecule has 0 bridgehead atoms. The lowest BCUT2D eigenvalue weighted by molar-refractivity contribution is -0.115. The SMILES string of the molecule is COc1cccc(CC(=O)Nc2ccc(OC)c(S(=O)(=O)N(C)C)c2)c1. The number of amides is 1. The highest BCUT2D eigenvalue weighted by molar-refractivity contribution is 7.89. The van der Waals surface area contributed by atoms with Crippen LogP contribution in [0.3, 0.4) is 0 Å². The van der Waals surface area contributed by atoms with Crippen molar-refractivity contribution in [1.29, 1.82) is 0 Å². The predicted octanol–water partition coefficient (Wildman–Crippen LogP) is 2.14. The van der Waals surface area contributed by atoms with Crippen LogP contribution >= 0.6 is 0 Å². The highest BCUT2D eigenvalue weighted by Crippen LogP contribution is 2.29. The summed E-state index contributed by atoms with van der Waals surface area (Å²) >= 11 is 0. The largest absolute Gasteiger partial charge is 0.497 e. The molecule has 0 saturated heterocycles. The number of nitrogens with zero attached hydrogens (tertiary/aromatic N) is 1. The van der Waals surface area contributed by atoms with Gasteiger partial charge in [0.05, 0.1) is 20.6 Å². The Balaban J connectivity index is 2.22. The zero-order valence-electron chi connectivity index (χ0n) is 15.1. The molecule has 2 rings (SSSR count). The third-order valence-electron chi connectivity index (χ3n) is 3.70. The number of carbonyl (C=O) groups excluding carboxylic acids is 1.